The highest BCUT2D eigenvalue weighted by molar-refractivity contribution is 5.48. The number of nitrogens with zero attached hydrogens (tertiary/aromatic N) is 2. The Bertz CT molecular complexity index is 364. The fourth-order valence-corrected chi connectivity index (χ4v) is 1.89. The molecule has 0 unspecified atom stereocenters. The van der Waals surface area contributed by atoms with E-state index in [0.29, 0.717) is 19.1 Å². The summed E-state index contributed by atoms with van der Waals surface area (Å²) in [4.78, 5) is 9.03. The Hall–Kier alpha value is -1.16. The number of rotatable bonds is 6. The SMILES string of the molecule is CCNc1nc(COCC)nc(C)c1C(C)C. The van der Waals surface area contributed by atoms with E-state index < -0.39 is 0 Å². The molecule has 0 aliphatic carbocycles. The van der Waals surface area contributed by atoms with E-state index >= 15 is 0 Å². The first-order valence-electron chi connectivity index (χ1n) is 6.29. The number of hydrogen-bond donors (Lipinski definition) is 1. The van der Waals surface area contributed by atoms with Gasteiger partial charge in [-0.15, -0.1) is 0 Å². The van der Waals surface area contributed by atoms with Gasteiger partial charge in [0.05, 0.1) is 0 Å². The van der Waals surface area contributed by atoms with Gasteiger partial charge in [0, 0.05) is 24.4 Å². The van der Waals surface area contributed by atoms with E-state index in [1.165, 1.54) is 5.56 Å². The third-order valence-corrected chi connectivity index (χ3v) is 2.54. The van der Waals surface area contributed by atoms with Crippen molar-refractivity contribution in [1.82, 2.24) is 9.97 Å². The molecule has 0 bridgehead atoms. The molecule has 4 heteroatoms. The average molecular weight is 237 g/mol. The van der Waals surface area contributed by atoms with Crippen LogP contribution in [0, 0.1) is 6.92 Å². The van der Waals surface area contributed by atoms with Crippen molar-refractivity contribution in [3.8, 4) is 0 Å². The largest absolute Gasteiger partial charge is 0.374 e. The molecule has 0 amide bonds. The number of hydrogen-bond acceptors (Lipinski definition) is 4. The predicted octanol–water partition coefficient (Wildman–Crippen LogP) is 2.88. The van der Waals surface area contributed by atoms with Gasteiger partial charge in [0.2, 0.25) is 0 Å². The van der Waals surface area contributed by atoms with Crippen molar-refractivity contribution in [3.05, 3.63) is 17.1 Å². The Labute approximate surface area is 104 Å². The summed E-state index contributed by atoms with van der Waals surface area (Å²) in [7, 11) is 0. The Morgan fingerprint density at radius 3 is 2.47 bits per heavy atom. The molecule has 0 spiro atoms. The van der Waals surface area contributed by atoms with Crippen LogP contribution in [0.4, 0.5) is 5.82 Å². The Balaban J connectivity index is 3.06. The second kappa shape index (κ2) is 6.55. The fourth-order valence-electron chi connectivity index (χ4n) is 1.89. The van der Waals surface area contributed by atoms with Gasteiger partial charge in [-0.3, -0.25) is 0 Å². The molecule has 4 nitrogen and oxygen atoms in total. The normalized spacial score (nSPS) is 10.9. The van der Waals surface area contributed by atoms with Crippen LogP contribution in [-0.2, 0) is 11.3 Å². The molecule has 0 atom stereocenters. The van der Waals surface area contributed by atoms with Gasteiger partial charge in [0.1, 0.15) is 12.4 Å². The smallest absolute Gasteiger partial charge is 0.156 e. The lowest BCUT2D eigenvalue weighted by molar-refractivity contribution is 0.128. The maximum atomic E-state index is 5.36. The van der Waals surface area contributed by atoms with Crippen LogP contribution in [0.25, 0.3) is 0 Å². The third-order valence-electron chi connectivity index (χ3n) is 2.54. The first kappa shape index (κ1) is 13.9. The molecular formula is C13H23N3O. The van der Waals surface area contributed by atoms with Crippen LogP contribution in [0.2, 0.25) is 0 Å². The van der Waals surface area contributed by atoms with Crippen LogP contribution >= 0.6 is 0 Å². The monoisotopic (exact) mass is 237 g/mol. The molecule has 1 aromatic rings. The summed E-state index contributed by atoms with van der Waals surface area (Å²) in [6.07, 6.45) is 0. The zero-order valence-corrected chi connectivity index (χ0v) is 11.5. The molecule has 96 valence electrons. The molecule has 0 fully saturated rings. The Kier molecular flexibility index (Phi) is 5.35. The predicted molar refractivity (Wildman–Crippen MR) is 70.4 cm³/mol. The maximum absolute atomic E-state index is 5.36. The number of aromatic nitrogens is 2. The highest BCUT2D eigenvalue weighted by atomic mass is 16.5. The molecule has 0 aliphatic rings. The van der Waals surface area contributed by atoms with E-state index in [9.17, 15) is 0 Å². The molecule has 1 N–H and O–H groups in total. The van der Waals surface area contributed by atoms with Gasteiger partial charge in [-0.1, -0.05) is 13.8 Å². The molecule has 0 aliphatic heterocycles. The van der Waals surface area contributed by atoms with Crippen molar-refractivity contribution < 1.29 is 4.74 Å². The molecule has 0 saturated carbocycles. The quantitative estimate of drug-likeness (QED) is 0.826. The Morgan fingerprint density at radius 1 is 1.24 bits per heavy atom. The van der Waals surface area contributed by atoms with Gasteiger partial charge in [0.25, 0.3) is 0 Å². The minimum absolute atomic E-state index is 0.421. The summed E-state index contributed by atoms with van der Waals surface area (Å²) in [6, 6.07) is 0. The second-order valence-corrected chi connectivity index (χ2v) is 4.31. The first-order valence-corrected chi connectivity index (χ1v) is 6.29. The maximum Gasteiger partial charge on any atom is 0.156 e. The molecule has 1 heterocycles. The lowest BCUT2D eigenvalue weighted by atomic mass is 10.0. The molecule has 1 aromatic heterocycles. The number of anilines is 1. The van der Waals surface area contributed by atoms with Crippen molar-refractivity contribution in [1.29, 1.82) is 0 Å². The topological polar surface area (TPSA) is 47.0 Å². The van der Waals surface area contributed by atoms with E-state index in [2.05, 4.69) is 36.1 Å². The van der Waals surface area contributed by atoms with E-state index in [-0.39, 0.29) is 0 Å². The lowest BCUT2D eigenvalue weighted by Crippen LogP contribution is -2.11. The molecule has 17 heavy (non-hydrogen) atoms. The van der Waals surface area contributed by atoms with Gasteiger partial charge in [-0.05, 0) is 26.7 Å². The summed E-state index contributed by atoms with van der Waals surface area (Å²) >= 11 is 0. The molecule has 0 saturated heterocycles. The van der Waals surface area contributed by atoms with Gasteiger partial charge in [-0.25, -0.2) is 9.97 Å². The van der Waals surface area contributed by atoms with E-state index in [0.717, 1.165) is 23.9 Å². The molecule has 0 radical (unpaired) electrons. The van der Waals surface area contributed by atoms with Crippen molar-refractivity contribution >= 4 is 5.82 Å². The number of ether oxygens (including phenoxy) is 1. The summed E-state index contributed by atoms with van der Waals surface area (Å²) in [5, 5.41) is 3.31. The number of aryl methyl sites for hydroxylation is 1. The second-order valence-electron chi connectivity index (χ2n) is 4.31. The highest BCUT2D eigenvalue weighted by Crippen LogP contribution is 2.25. The van der Waals surface area contributed by atoms with Crippen LogP contribution in [0.5, 0.6) is 0 Å². The first-order chi connectivity index (χ1) is 8.10. The summed E-state index contributed by atoms with van der Waals surface area (Å²) in [5.41, 5.74) is 2.24. The van der Waals surface area contributed by atoms with Gasteiger partial charge in [0.15, 0.2) is 5.82 Å². The average Bonchev–Trinajstić information content (AvgIpc) is 2.25. The third kappa shape index (κ3) is 3.66. The van der Waals surface area contributed by atoms with Crippen LogP contribution in [0.1, 0.15) is 50.7 Å². The zero-order chi connectivity index (χ0) is 12.8. The zero-order valence-electron chi connectivity index (χ0n) is 11.5. The van der Waals surface area contributed by atoms with E-state index in [4.69, 9.17) is 4.74 Å². The Morgan fingerprint density at radius 2 is 1.94 bits per heavy atom. The van der Waals surface area contributed by atoms with Gasteiger partial charge < -0.3 is 10.1 Å². The fraction of sp³-hybridized carbons (Fsp3) is 0.692. The van der Waals surface area contributed by atoms with Crippen LogP contribution in [0.3, 0.4) is 0 Å². The highest BCUT2D eigenvalue weighted by Gasteiger charge is 2.14. The van der Waals surface area contributed by atoms with Crippen molar-refractivity contribution in [2.45, 2.75) is 47.1 Å². The minimum atomic E-state index is 0.421. The van der Waals surface area contributed by atoms with Crippen LogP contribution < -0.4 is 5.32 Å². The van der Waals surface area contributed by atoms with E-state index in [1.54, 1.807) is 0 Å². The van der Waals surface area contributed by atoms with Crippen molar-refractivity contribution in [2.24, 2.45) is 0 Å². The van der Waals surface area contributed by atoms with Gasteiger partial charge in [-0.2, -0.15) is 0 Å². The lowest BCUT2D eigenvalue weighted by Gasteiger charge is -2.16. The number of nitrogens with one attached hydrogen (secondary N) is 1. The molecule has 0 aromatic carbocycles. The summed E-state index contributed by atoms with van der Waals surface area (Å²) in [5.74, 6) is 2.12. The van der Waals surface area contributed by atoms with Gasteiger partial charge >= 0.3 is 0 Å². The standard InChI is InChI=1S/C13H23N3O/c1-6-14-13-12(9(3)4)10(5)15-11(16-13)8-17-7-2/h9H,6-8H2,1-5H3,(H,14,15,16). The van der Waals surface area contributed by atoms with Crippen molar-refractivity contribution in [2.75, 3.05) is 18.5 Å². The minimum Gasteiger partial charge on any atom is -0.374 e. The molecule has 1 rings (SSSR count). The van der Waals surface area contributed by atoms with E-state index in [1.807, 2.05) is 13.8 Å². The van der Waals surface area contributed by atoms with Crippen LogP contribution in [-0.4, -0.2) is 23.1 Å². The summed E-state index contributed by atoms with van der Waals surface area (Å²) in [6.45, 7) is 12.4. The van der Waals surface area contributed by atoms with Crippen LogP contribution in [0.15, 0.2) is 0 Å². The summed E-state index contributed by atoms with van der Waals surface area (Å²) < 4.78 is 5.36. The van der Waals surface area contributed by atoms with Crippen molar-refractivity contribution in [3.63, 3.8) is 0 Å². The molecular weight excluding hydrogens is 214 g/mol.